The Morgan fingerprint density at radius 2 is 1.48 bits per heavy atom. The Hall–Kier alpha value is -0.570. The van der Waals surface area contributed by atoms with Crippen molar-refractivity contribution < 1.29 is 4.39 Å². The SMILES string of the molecule is CCCCCCCCCCCCNc1c(F)cccc1Br. The first kappa shape index (κ1) is 18.5. The molecular weight excluding hydrogens is 329 g/mol. The third kappa shape index (κ3) is 8.45. The van der Waals surface area contributed by atoms with Crippen molar-refractivity contribution in [2.24, 2.45) is 0 Å². The highest BCUT2D eigenvalue weighted by Crippen LogP contribution is 2.25. The van der Waals surface area contributed by atoms with Gasteiger partial charge < -0.3 is 5.32 Å². The van der Waals surface area contributed by atoms with E-state index in [4.69, 9.17) is 0 Å². The number of nitrogens with one attached hydrogen (secondary N) is 1. The number of benzene rings is 1. The summed E-state index contributed by atoms with van der Waals surface area (Å²) in [5, 5.41) is 3.18. The summed E-state index contributed by atoms with van der Waals surface area (Å²) in [6.45, 7) is 3.10. The van der Waals surface area contributed by atoms with E-state index in [0.717, 1.165) is 17.4 Å². The fraction of sp³-hybridized carbons (Fsp3) is 0.667. The third-order valence-electron chi connectivity index (χ3n) is 3.79. The van der Waals surface area contributed by atoms with E-state index in [1.807, 2.05) is 6.07 Å². The van der Waals surface area contributed by atoms with Gasteiger partial charge in [0.1, 0.15) is 5.82 Å². The van der Waals surface area contributed by atoms with Crippen molar-refractivity contribution >= 4 is 21.6 Å². The van der Waals surface area contributed by atoms with E-state index in [-0.39, 0.29) is 5.82 Å². The molecule has 120 valence electrons. The molecule has 21 heavy (non-hydrogen) atoms. The fourth-order valence-electron chi connectivity index (χ4n) is 2.49. The van der Waals surface area contributed by atoms with Crippen molar-refractivity contribution in [2.75, 3.05) is 11.9 Å². The molecule has 1 N–H and O–H groups in total. The van der Waals surface area contributed by atoms with Crippen LogP contribution in [0.2, 0.25) is 0 Å². The molecule has 1 aromatic rings. The quantitative estimate of drug-likeness (QED) is 0.400. The van der Waals surface area contributed by atoms with E-state index < -0.39 is 0 Å². The highest BCUT2D eigenvalue weighted by Gasteiger charge is 2.04. The molecule has 0 atom stereocenters. The van der Waals surface area contributed by atoms with Crippen LogP contribution in [0.4, 0.5) is 10.1 Å². The summed E-state index contributed by atoms with van der Waals surface area (Å²) < 4.78 is 14.4. The Morgan fingerprint density at radius 3 is 2.05 bits per heavy atom. The number of halogens is 2. The van der Waals surface area contributed by atoms with Gasteiger partial charge in [0, 0.05) is 11.0 Å². The van der Waals surface area contributed by atoms with Gasteiger partial charge >= 0.3 is 0 Å². The van der Waals surface area contributed by atoms with Crippen molar-refractivity contribution in [2.45, 2.75) is 71.1 Å². The molecule has 0 aliphatic rings. The average Bonchev–Trinajstić information content (AvgIpc) is 2.47. The predicted octanol–water partition coefficient (Wildman–Crippen LogP) is 6.92. The molecule has 0 radical (unpaired) electrons. The lowest BCUT2D eigenvalue weighted by Crippen LogP contribution is -2.04. The Labute approximate surface area is 137 Å². The number of hydrogen-bond donors (Lipinski definition) is 1. The molecule has 0 aromatic heterocycles. The highest BCUT2D eigenvalue weighted by molar-refractivity contribution is 9.10. The second kappa shape index (κ2) is 12.0. The number of unbranched alkanes of at least 4 members (excludes halogenated alkanes) is 9. The van der Waals surface area contributed by atoms with E-state index in [0.29, 0.717) is 5.69 Å². The van der Waals surface area contributed by atoms with E-state index in [1.54, 1.807) is 6.07 Å². The van der Waals surface area contributed by atoms with E-state index in [1.165, 1.54) is 63.9 Å². The van der Waals surface area contributed by atoms with E-state index >= 15 is 0 Å². The van der Waals surface area contributed by atoms with Crippen molar-refractivity contribution in [3.8, 4) is 0 Å². The van der Waals surface area contributed by atoms with Gasteiger partial charge in [0.05, 0.1) is 5.69 Å². The van der Waals surface area contributed by atoms with Crippen molar-refractivity contribution in [1.29, 1.82) is 0 Å². The van der Waals surface area contributed by atoms with Gasteiger partial charge in [0.25, 0.3) is 0 Å². The average molecular weight is 358 g/mol. The van der Waals surface area contributed by atoms with Gasteiger partial charge in [-0.15, -0.1) is 0 Å². The molecule has 0 fully saturated rings. The lowest BCUT2D eigenvalue weighted by Gasteiger charge is -2.09. The molecular formula is C18H29BrFN. The minimum absolute atomic E-state index is 0.184. The zero-order valence-corrected chi connectivity index (χ0v) is 14.9. The number of anilines is 1. The van der Waals surface area contributed by atoms with Gasteiger partial charge in [-0.2, -0.15) is 0 Å². The molecule has 0 unspecified atom stereocenters. The summed E-state index contributed by atoms with van der Waals surface area (Å²) in [6.07, 6.45) is 13.3. The van der Waals surface area contributed by atoms with Crippen molar-refractivity contribution in [3.05, 3.63) is 28.5 Å². The van der Waals surface area contributed by atoms with Crippen LogP contribution in [0.25, 0.3) is 0 Å². The summed E-state index contributed by atoms with van der Waals surface area (Å²) in [5.74, 6) is -0.184. The Kier molecular flexibility index (Phi) is 10.6. The van der Waals surface area contributed by atoms with Crippen LogP contribution in [0.5, 0.6) is 0 Å². The molecule has 0 heterocycles. The number of rotatable bonds is 12. The minimum atomic E-state index is -0.184. The monoisotopic (exact) mass is 357 g/mol. The molecule has 0 aliphatic carbocycles. The van der Waals surface area contributed by atoms with Crippen molar-refractivity contribution in [3.63, 3.8) is 0 Å². The Morgan fingerprint density at radius 1 is 0.905 bits per heavy atom. The second-order valence-electron chi connectivity index (χ2n) is 5.71. The van der Waals surface area contributed by atoms with Crippen molar-refractivity contribution in [1.82, 2.24) is 0 Å². The van der Waals surface area contributed by atoms with Gasteiger partial charge in [-0.05, 0) is 34.5 Å². The molecule has 0 amide bonds. The lowest BCUT2D eigenvalue weighted by atomic mass is 10.1. The molecule has 1 rings (SSSR count). The maximum Gasteiger partial charge on any atom is 0.147 e. The normalized spacial score (nSPS) is 10.8. The highest BCUT2D eigenvalue weighted by atomic mass is 79.9. The topological polar surface area (TPSA) is 12.0 Å². The zero-order chi connectivity index (χ0) is 15.3. The predicted molar refractivity (Wildman–Crippen MR) is 94.4 cm³/mol. The van der Waals surface area contributed by atoms with Crippen LogP contribution in [0.15, 0.2) is 22.7 Å². The summed E-state index contributed by atoms with van der Waals surface area (Å²) in [7, 11) is 0. The number of para-hydroxylation sites is 1. The van der Waals surface area contributed by atoms with E-state index in [9.17, 15) is 4.39 Å². The van der Waals surface area contributed by atoms with Crippen LogP contribution in [-0.2, 0) is 0 Å². The fourth-order valence-corrected chi connectivity index (χ4v) is 2.97. The summed E-state index contributed by atoms with van der Waals surface area (Å²) >= 11 is 3.37. The first-order valence-electron chi connectivity index (χ1n) is 8.43. The molecule has 0 saturated carbocycles. The maximum atomic E-state index is 13.6. The Bertz CT molecular complexity index is 361. The van der Waals surface area contributed by atoms with Crippen LogP contribution >= 0.6 is 15.9 Å². The summed E-state index contributed by atoms with van der Waals surface area (Å²) in [4.78, 5) is 0. The first-order chi connectivity index (χ1) is 10.3. The van der Waals surface area contributed by atoms with Gasteiger partial charge in [-0.25, -0.2) is 4.39 Å². The number of hydrogen-bond acceptors (Lipinski definition) is 1. The standard InChI is InChI=1S/C18H29BrFN/c1-2-3-4-5-6-7-8-9-10-11-15-21-18-16(19)13-12-14-17(18)20/h12-14,21H,2-11,15H2,1H3. The molecule has 1 nitrogen and oxygen atoms in total. The molecule has 0 spiro atoms. The van der Waals surface area contributed by atoms with Crippen LogP contribution in [0, 0.1) is 5.82 Å². The molecule has 0 aliphatic heterocycles. The third-order valence-corrected chi connectivity index (χ3v) is 4.46. The Balaban J connectivity index is 1.95. The van der Waals surface area contributed by atoms with Gasteiger partial charge in [0.15, 0.2) is 0 Å². The largest absolute Gasteiger partial charge is 0.382 e. The lowest BCUT2D eigenvalue weighted by molar-refractivity contribution is 0.559. The molecule has 0 saturated heterocycles. The smallest absolute Gasteiger partial charge is 0.147 e. The second-order valence-corrected chi connectivity index (χ2v) is 6.56. The zero-order valence-electron chi connectivity index (χ0n) is 13.3. The van der Waals surface area contributed by atoms with Crippen LogP contribution in [0.3, 0.4) is 0 Å². The molecule has 0 bridgehead atoms. The van der Waals surface area contributed by atoms with Gasteiger partial charge in [-0.1, -0.05) is 70.8 Å². The van der Waals surface area contributed by atoms with Crippen LogP contribution in [-0.4, -0.2) is 6.54 Å². The maximum absolute atomic E-state index is 13.6. The van der Waals surface area contributed by atoms with E-state index in [2.05, 4.69) is 28.2 Å². The summed E-state index contributed by atoms with van der Waals surface area (Å²) in [6, 6.07) is 5.07. The molecule has 1 aromatic carbocycles. The summed E-state index contributed by atoms with van der Waals surface area (Å²) in [5.41, 5.74) is 0.591. The van der Waals surface area contributed by atoms with Gasteiger partial charge in [0.2, 0.25) is 0 Å². The van der Waals surface area contributed by atoms with Crippen LogP contribution < -0.4 is 5.32 Å². The van der Waals surface area contributed by atoms with Gasteiger partial charge in [-0.3, -0.25) is 0 Å². The minimum Gasteiger partial charge on any atom is -0.382 e. The van der Waals surface area contributed by atoms with Crippen LogP contribution in [0.1, 0.15) is 71.1 Å². The molecule has 3 heteroatoms. The first-order valence-corrected chi connectivity index (χ1v) is 9.23.